The number of benzene rings is 1. The summed E-state index contributed by atoms with van der Waals surface area (Å²) in [5, 5.41) is 0.957. The molecule has 0 aliphatic rings. The van der Waals surface area contributed by atoms with Crippen molar-refractivity contribution >= 4 is 28.9 Å². The minimum absolute atomic E-state index is 0.436. The Hall–Kier alpha value is -0.640. The molecule has 0 aliphatic heterocycles. The minimum atomic E-state index is 0.436. The maximum absolute atomic E-state index is 5.96. The number of nitrogens with two attached hydrogens (primary N) is 1. The number of nitrogen functional groups attached to an aromatic ring is 1. The molecular weight excluding hydrogens is 235 g/mol. The van der Waals surface area contributed by atoms with Crippen LogP contribution in [0.4, 0.5) is 5.69 Å². The first kappa shape index (κ1) is 12.4. The van der Waals surface area contributed by atoms with Crippen LogP contribution in [0, 0.1) is 5.92 Å². The number of rotatable bonds is 4. The highest BCUT2D eigenvalue weighted by atomic mass is 35.5. The predicted molar refractivity (Wildman–Crippen MR) is 64.6 cm³/mol. The summed E-state index contributed by atoms with van der Waals surface area (Å²) in [6, 6.07) is 3.29. The first-order valence-electron chi connectivity index (χ1n) is 4.63. The van der Waals surface area contributed by atoms with E-state index >= 15 is 0 Å². The highest BCUT2D eigenvalue weighted by molar-refractivity contribution is 6.37. The van der Waals surface area contributed by atoms with Gasteiger partial charge in [0.25, 0.3) is 0 Å². The summed E-state index contributed by atoms with van der Waals surface area (Å²) >= 11 is 11.8. The van der Waals surface area contributed by atoms with Gasteiger partial charge in [0.05, 0.1) is 22.3 Å². The highest BCUT2D eigenvalue weighted by Crippen LogP contribution is 2.33. The molecule has 3 nitrogen and oxygen atoms in total. The standard InChI is InChI=1S/C10H14Cl2N2O/c1-6(2)5-15-10-4-9(14-13)7(11)3-8(10)12/h3-4,6,14H,5,13H2,1-2H3. The molecule has 0 fully saturated rings. The summed E-state index contributed by atoms with van der Waals surface area (Å²) in [4.78, 5) is 0. The van der Waals surface area contributed by atoms with Crippen LogP contribution in [0.1, 0.15) is 13.8 Å². The Balaban J connectivity index is 2.87. The van der Waals surface area contributed by atoms with Crippen LogP contribution in [-0.4, -0.2) is 6.61 Å². The molecule has 3 N–H and O–H groups in total. The maximum atomic E-state index is 5.96. The molecule has 15 heavy (non-hydrogen) atoms. The van der Waals surface area contributed by atoms with E-state index < -0.39 is 0 Å². The normalized spacial score (nSPS) is 10.5. The second kappa shape index (κ2) is 5.45. The molecule has 0 heterocycles. The van der Waals surface area contributed by atoms with Gasteiger partial charge in [-0.15, -0.1) is 0 Å². The average molecular weight is 249 g/mol. The predicted octanol–water partition coefficient (Wildman–Crippen LogP) is 3.31. The molecule has 5 heteroatoms. The van der Waals surface area contributed by atoms with E-state index in [9.17, 15) is 0 Å². The monoisotopic (exact) mass is 248 g/mol. The molecule has 1 aromatic carbocycles. The minimum Gasteiger partial charge on any atom is -0.492 e. The lowest BCUT2D eigenvalue weighted by Gasteiger charge is -2.12. The van der Waals surface area contributed by atoms with Crippen molar-refractivity contribution in [3.63, 3.8) is 0 Å². The molecule has 1 rings (SSSR count). The number of halogens is 2. The van der Waals surface area contributed by atoms with Crippen LogP contribution in [0.15, 0.2) is 12.1 Å². The van der Waals surface area contributed by atoms with Gasteiger partial charge in [0.1, 0.15) is 5.75 Å². The van der Waals surface area contributed by atoms with E-state index in [1.54, 1.807) is 12.1 Å². The van der Waals surface area contributed by atoms with Crippen LogP contribution in [-0.2, 0) is 0 Å². The Labute approximate surface area is 99.5 Å². The third kappa shape index (κ3) is 3.45. The summed E-state index contributed by atoms with van der Waals surface area (Å²) in [6.45, 7) is 4.73. The number of hydrazine groups is 1. The van der Waals surface area contributed by atoms with Crippen molar-refractivity contribution < 1.29 is 4.74 Å². The molecule has 0 atom stereocenters. The molecule has 0 aliphatic carbocycles. The highest BCUT2D eigenvalue weighted by Gasteiger charge is 2.08. The summed E-state index contributed by atoms with van der Waals surface area (Å²) < 4.78 is 5.51. The third-order valence-corrected chi connectivity index (χ3v) is 2.36. The molecule has 84 valence electrons. The van der Waals surface area contributed by atoms with Crippen molar-refractivity contribution in [3.8, 4) is 5.75 Å². The maximum Gasteiger partial charge on any atom is 0.140 e. The van der Waals surface area contributed by atoms with Crippen molar-refractivity contribution in [1.29, 1.82) is 0 Å². The second-order valence-corrected chi connectivity index (χ2v) is 4.43. The van der Waals surface area contributed by atoms with Crippen LogP contribution in [0.2, 0.25) is 10.0 Å². The lowest BCUT2D eigenvalue weighted by molar-refractivity contribution is 0.271. The number of anilines is 1. The zero-order chi connectivity index (χ0) is 11.4. The van der Waals surface area contributed by atoms with Gasteiger partial charge in [-0.25, -0.2) is 0 Å². The Kier molecular flexibility index (Phi) is 4.51. The fraction of sp³-hybridized carbons (Fsp3) is 0.400. The van der Waals surface area contributed by atoms with Crippen LogP contribution in [0.5, 0.6) is 5.75 Å². The van der Waals surface area contributed by atoms with Gasteiger partial charge in [0.2, 0.25) is 0 Å². The molecule has 0 saturated carbocycles. The zero-order valence-corrected chi connectivity index (χ0v) is 10.2. The van der Waals surface area contributed by atoms with Crippen molar-refractivity contribution in [2.24, 2.45) is 11.8 Å². The molecule has 0 bridgehead atoms. The number of hydrogen-bond donors (Lipinski definition) is 2. The smallest absolute Gasteiger partial charge is 0.140 e. The van der Waals surface area contributed by atoms with Gasteiger partial charge >= 0.3 is 0 Å². The van der Waals surface area contributed by atoms with Gasteiger partial charge in [-0.2, -0.15) is 0 Å². The van der Waals surface area contributed by atoms with E-state index in [1.165, 1.54) is 0 Å². The van der Waals surface area contributed by atoms with Gasteiger partial charge in [0, 0.05) is 6.07 Å². The van der Waals surface area contributed by atoms with E-state index in [2.05, 4.69) is 19.3 Å². The second-order valence-electron chi connectivity index (χ2n) is 3.61. The average Bonchev–Trinajstić information content (AvgIpc) is 2.16. The topological polar surface area (TPSA) is 47.3 Å². The lowest BCUT2D eigenvalue weighted by Crippen LogP contribution is -2.09. The van der Waals surface area contributed by atoms with Crippen LogP contribution in [0.25, 0.3) is 0 Å². The molecule has 0 amide bonds. The van der Waals surface area contributed by atoms with Gasteiger partial charge in [-0.1, -0.05) is 37.0 Å². The van der Waals surface area contributed by atoms with Gasteiger partial charge < -0.3 is 10.2 Å². The van der Waals surface area contributed by atoms with Crippen molar-refractivity contribution in [2.75, 3.05) is 12.0 Å². The van der Waals surface area contributed by atoms with Crippen LogP contribution in [0.3, 0.4) is 0 Å². The summed E-state index contributed by atoms with van der Waals surface area (Å²) in [5.41, 5.74) is 3.08. The van der Waals surface area contributed by atoms with Crippen LogP contribution < -0.4 is 16.0 Å². The summed E-state index contributed by atoms with van der Waals surface area (Å²) in [5.74, 6) is 6.31. The molecular formula is C10H14Cl2N2O. The van der Waals surface area contributed by atoms with E-state index in [4.69, 9.17) is 33.8 Å². The molecule has 1 aromatic rings. The summed E-state index contributed by atoms with van der Waals surface area (Å²) in [6.07, 6.45) is 0. The van der Waals surface area contributed by atoms with Crippen molar-refractivity contribution in [3.05, 3.63) is 22.2 Å². The van der Waals surface area contributed by atoms with E-state index in [-0.39, 0.29) is 0 Å². The summed E-state index contributed by atoms with van der Waals surface area (Å²) in [7, 11) is 0. The fourth-order valence-electron chi connectivity index (χ4n) is 1.01. The molecule has 0 radical (unpaired) electrons. The Morgan fingerprint density at radius 1 is 1.33 bits per heavy atom. The number of ether oxygens (including phenoxy) is 1. The Bertz CT molecular complexity index is 342. The van der Waals surface area contributed by atoms with E-state index in [1.807, 2.05) is 0 Å². The van der Waals surface area contributed by atoms with E-state index in [0.717, 1.165) is 0 Å². The lowest BCUT2D eigenvalue weighted by atomic mass is 10.2. The number of nitrogens with one attached hydrogen (secondary N) is 1. The first-order valence-corrected chi connectivity index (χ1v) is 5.38. The van der Waals surface area contributed by atoms with Gasteiger partial charge in [-0.05, 0) is 12.0 Å². The van der Waals surface area contributed by atoms with Crippen molar-refractivity contribution in [2.45, 2.75) is 13.8 Å². The molecule has 0 saturated heterocycles. The molecule has 0 aromatic heterocycles. The van der Waals surface area contributed by atoms with Crippen LogP contribution >= 0.6 is 23.2 Å². The SMILES string of the molecule is CC(C)COc1cc(NN)c(Cl)cc1Cl. The zero-order valence-electron chi connectivity index (χ0n) is 8.68. The van der Waals surface area contributed by atoms with Gasteiger partial charge in [0.15, 0.2) is 0 Å². The fourth-order valence-corrected chi connectivity index (χ4v) is 1.50. The largest absolute Gasteiger partial charge is 0.492 e. The first-order chi connectivity index (χ1) is 7.04. The Morgan fingerprint density at radius 3 is 2.53 bits per heavy atom. The van der Waals surface area contributed by atoms with E-state index in [0.29, 0.717) is 34.0 Å². The Morgan fingerprint density at radius 2 is 2.00 bits per heavy atom. The number of hydrogen-bond acceptors (Lipinski definition) is 3. The molecule has 0 unspecified atom stereocenters. The third-order valence-electron chi connectivity index (χ3n) is 1.75. The van der Waals surface area contributed by atoms with Gasteiger partial charge in [-0.3, -0.25) is 5.84 Å². The molecule has 0 spiro atoms. The van der Waals surface area contributed by atoms with Crippen molar-refractivity contribution in [1.82, 2.24) is 0 Å². The quantitative estimate of drug-likeness (QED) is 0.635.